The van der Waals surface area contributed by atoms with Gasteiger partial charge in [0.2, 0.25) is 10.6 Å². The second-order valence-corrected chi connectivity index (χ2v) is 5.00. The van der Waals surface area contributed by atoms with Gasteiger partial charge in [0.15, 0.2) is 0 Å². The van der Waals surface area contributed by atoms with E-state index in [4.69, 9.17) is 23.8 Å². The Hall–Kier alpha value is -2.31. The van der Waals surface area contributed by atoms with Crippen molar-refractivity contribution in [3.8, 4) is 11.5 Å². The molecule has 5 nitrogen and oxygen atoms in total. The summed E-state index contributed by atoms with van der Waals surface area (Å²) in [6.07, 6.45) is 3.38. The van der Waals surface area contributed by atoms with Gasteiger partial charge in [-0.15, -0.1) is 0 Å². The Kier molecular flexibility index (Phi) is 3.89. The normalized spacial score (nSPS) is 11.1. The molecular formula is C14H10ClN5S. The van der Waals surface area contributed by atoms with E-state index < -0.39 is 0 Å². The fraction of sp³-hybridized carbons (Fsp3) is 0. The van der Waals surface area contributed by atoms with E-state index in [0.717, 1.165) is 5.56 Å². The number of nitrogens with zero attached hydrogens (tertiary/aromatic N) is 4. The van der Waals surface area contributed by atoms with Gasteiger partial charge in [-0.2, -0.15) is 14.9 Å². The molecule has 1 N–H and O–H groups in total. The van der Waals surface area contributed by atoms with Crippen molar-refractivity contribution in [3.63, 3.8) is 0 Å². The zero-order valence-electron chi connectivity index (χ0n) is 10.8. The lowest BCUT2D eigenvalue weighted by Crippen LogP contribution is -1.96. The van der Waals surface area contributed by atoms with Gasteiger partial charge in [-0.1, -0.05) is 29.8 Å². The number of rotatable bonds is 3. The molecule has 0 amide bonds. The van der Waals surface area contributed by atoms with Gasteiger partial charge in [0, 0.05) is 11.2 Å². The number of halogens is 1. The molecule has 0 aliphatic carbocycles. The van der Waals surface area contributed by atoms with Crippen LogP contribution < -0.4 is 0 Å². The summed E-state index contributed by atoms with van der Waals surface area (Å²) in [5.41, 5.74) is 1.60. The molecule has 0 unspecified atom stereocenters. The van der Waals surface area contributed by atoms with E-state index in [-0.39, 0.29) is 0 Å². The Morgan fingerprint density at radius 1 is 1.19 bits per heavy atom. The summed E-state index contributed by atoms with van der Waals surface area (Å²) in [5.74, 6) is 0.561. The lowest BCUT2D eigenvalue weighted by atomic mass is 10.2. The van der Waals surface area contributed by atoms with Crippen LogP contribution in [0.4, 0.5) is 0 Å². The highest BCUT2D eigenvalue weighted by Crippen LogP contribution is 2.14. The van der Waals surface area contributed by atoms with Crippen LogP contribution in [-0.4, -0.2) is 26.1 Å². The maximum Gasteiger partial charge on any atom is 0.216 e. The smallest absolute Gasteiger partial charge is 0.216 e. The van der Waals surface area contributed by atoms with Crippen molar-refractivity contribution in [2.75, 3.05) is 0 Å². The highest BCUT2D eigenvalue weighted by atomic mass is 35.5. The molecule has 3 aromatic rings. The van der Waals surface area contributed by atoms with Crippen molar-refractivity contribution in [2.45, 2.75) is 0 Å². The molecule has 1 aromatic carbocycles. The topological polar surface area (TPSA) is 58.9 Å². The number of hydrogen-bond donors (Lipinski definition) is 1. The maximum atomic E-state index is 5.85. The first-order chi connectivity index (χ1) is 10.2. The molecule has 2 aromatic heterocycles. The summed E-state index contributed by atoms with van der Waals surface area (Å²) < 4.78 is 1.94. The van der Waals surface area contributed by atoms with Crippen LogP contribution in [-0.2, 0) is 0 Å². The first kappa shape index (κ1) is 13.7. The number of aromatic amines is 1. The summed E-state index contributed by atoms with van der Waals surface area (Å²) in [6, 6.07) is 12.9. The number of nitrogens with one attached hydrogen (secondary N) is 1. The van der Waals surface area contributed by atoms with Crippen LogP contribution in [0.15, 0.2) is 53.8 Å². The van der Waals surface area contributed by atoms with Gasteiger partial charge >= 0.3 is 0 Å². The van der Waals surface area contributed by atoms with Gasteiger partial charge in [0.05, 0.1) is 6.21 Å². The lowest BCUT2D eigenvalue weighted by molar-refractivity contribution is 0.867. The first-order valence-electron chi connectivity index (χ1n) is 6.13. The average molecular weight is 316 g/mol. The Balaban J connectivity index is 1.98. The largest absolute Gasteiger partial charge is 0.253 e. The second-order valence-electron chi connectivity index (χ2n) is 4.18. The molecule has 0 radical (unpaired) electrons. The molecule has 3 rings (SSSR count). The highest BCUT2D eigenvalue weighted by molar-refractivity contribution is 7.71. The van der Waals surface area contributed by atoms with Crippen LogP contribution in [0.2, 0.25) is 5.02 Å². The van der Waals surface area contributed by atoms with Gasteiger partial charge < -0.3 is 0 Å². The third-order valence-electron chi connectivity index (χ3n) is 2.74. The molecule has 21 heavy (non-hydrogen) atoms. The molecule has 0 aliphatic heterocycles. The number of aromatic nitrogens is 4. The molecule has 7 heteroatoms. The minimum Gasteiger partial charge on any atom is -0.253 e. The molecule has 0 spiro atoms. The summed E-state index contributed by atoms with van der Waals surface area (Å²) in [5, 5.41) is 11.9. The summed E-state index contributed by atoms with van der Waals surface area (Å²) in [4.78, 5) is 4.25. The van der Waals surface area contributed by atoms with E-state index in [9.17, 15) is 0 Å². The van der Waals surface area contributed by atoms with Crippen molar-refractivity contribution >= 4 is 30.0 Å². The number of H-pyrrole nitrogens is 1. The Morgan fingerprint density at radius 2 is 2.00 bits per heavy atom. The van der Waals surface area contributed by atoms with Crippen LogP contribution in [0.25, 0.3) is 11.5 Å². The molecule has 0 atom stereocenters. The summed E-state index contributed by atoms with van der Waals surface area (Å²) in [7, 11) is 0. The number of benzene rings is 1. The van der Waals surface area contributed by atoms with Crippen molar-refractivity contribution in [1.82, 2.24) is 19.9 Å². The lowest BCUT2D eigenvalue weighted by Gasteiger charge is -1.99. The van der Waals surface area contributed by atoms with E-state index in [2.05, 4.69) is 20.3 Å². The van der Waals surface area contributed by atoms with Crippen LogP contribution in [0.3, 0.4) is 0 Å². The van der Waals surface area contributed by atoms with Crippen LogP contribution in [0, 0.1) is 4.77 Å². The van der Waals surface area contributed by atoms with Crippen molar-refractivity contribution < 1.29 is 0 Å². The third kappa shape index (κ3) is 3.07. The predicted molar refractivity (Wildman–Crippen MR) is 85.1 cm³/mol. The quantitative estimate of drug-likeness (QED) is 0.594. The first-order valence-corrected chi connectivity index (χ1v) is 6.91. The number of hydrogen-bond acceptors (Lipinski definition) is 4. The van der Waals surface area contributed by atoms with E-state index in [1.807, 2.05) is 30.3 Å². The molecule has 0 bridgehead atoms. The molecule has 2 heterocycles. The van der Waals surface area contributed by atoms with E-state index >= 15 is 0 Å². The number of pyridine rings is 1. The second kappa shape index (κ2) is 5.99. The predicted octanol–water partition coefficient (Wildman–Crippen LogP) is 3.54. The van der Waals surface area contributed by atoms with Crippen LogP contribution in [0.5, 0.6) is 0 Å². The average Bonchev–Trinajstić information content (AvgIpc) is 2.89. The van der Waals surface area contributed by atoms with Crippen molar-refractivity contribution in [3.05, 3.63) is 64.0 Å². The van der Waals surface area contributed by atoms with Gasteiger partial charge in [-0.3, -0.25) is 4.98 Å². The SMILES string of the molecule is S=c1[nH]nc(-c2ccccn2)n1/N=C/c1ccc(Cl)cc1. The standard InChI is InChI=1S/C14H10ClN5S/c15-11-6-4-10(5-7-11)9-17-20-13(18-19-14(20)21)12-3-1-2-8-16-12/h1-9H,(H,19,21)/b17-9+. The van der Waals surface area contributed by atoms with Crippen molar-refractivity contribution in [2.24, 2.45) is 5.10 Å². The fourth-order valence-corrected chi connectivity index (χ4v) is 2.04. The van der Waals surface area contributed by atoms with Gasteiger partial charge in [0.25, 0.3) is 0 Å². The maximum absolute atomic E-state index is 5.85. The minimum atomic E-state index is 0.404. The monoisotopic (exact) mass is 315 g/mol. The van der Waals surface area contributed by atoms with E-state index in [0.29, 0.717) is 21.3 Å². The zero-order valence-corrected chi connectivity index (χ0v) is 12.3. The Morgan fingerprint density at radius 3 is 2.71 bits per heavy atom. The molecule has 104 valence electrons. The van der Waals surface area contributed by atoms with E-state index in [1.54, 1.807) is 24.5 Å². The third-order valence-corrected chi connectivity index (χ3v) is 3.25. The van der Waals surface area contributed by atoms with Gasteiger partial charge in [-0.25, -0.2) is 5.10 Å². The minimum absolute atomic E-state index is 0.404. The molecule has 0 saturated heterocycles. The van der Waals surface area contributed by atoms with Gasteiger partial charge in [-0.05, 0) is 42.0 Å². The van der Waals surface area contributed by atoms with Crippen LogP contribution >= 0.6 is 23.8 Å². The van der Waals surface area contributed by atoms with Gasteiger partial charge in [0.1, 0.15) is 5.69 Å². The molecule has 0 aliphatic rings. The zero-order chi connectivity index (χ0) is 14.7. The highest BCUT2D eigenvalue weighted by Gasteiger charge is 2.08. The Labute approximate surface area is 130 Å². The fourth-order valence-electron chi connectivity index (χ4n) is 1.73. The molecule has 0 saturated carbocycles. The van der Waals surface area contributed by atoms with Crippen molar-refractivity contribution in [1.29, 1.82) is 0 Å². The van der Waals surface area contributed by atoms with E-state index in [1.165, 1.54) is 4.68 Å². The molecular weight excluding hydrogens is 306 g/mol. The molecule has 0 fully saturated rings. The summed E-state index contributed by atoms with van der Waals surface area (Å²) in [6.45, 7) is 0. The summed E-state index contributed by atoms with van der Waals surface area (Å²) >= 11 is 11.0. The van der Waals surface area contributed by atoms with Crippen LogP contribution in [0.1, 0.15) is 5.56 Å². The Bertz CT molecular complexity index is 821.